The van der Waals surface area contributed by atoms with E-state index in [4.69, 9.17) is 11.5 Å². The fourth-order valence-corrected chi connectivity index (χ4v) is 6.66. The van der Waals surface area contributed by atoms with E-state index in [9.17, 15) is 0 Å². The lowest BCUT2D eigenvalue weighted by Gasteiger charge is -2.50. The maximum Gasteiger partial charge on any atom is 0.0271 e. The predicted molar refractivity (Wildman–Crippen MR) is 113 cm³/mol. The Hall–Kier alpha value is -1.64. The topological polar surface area (TPSA) is 52.0 Å². The minimum Gasteiger partial charge on any atom is -0.328 e. The summed E-state index contributed by atoms with van der Waals surface area (Å²) in [5.74, 6) is 1.39. The van der Waals surface area contributed by atoms with Crippen molar-refractivity contribution in [2.24, 2.45) is 23.3 Å². The quantitative estimate of drug-likeness (QED) is 0.793. The first-order chi connectivity index (χ1) is 13.2. The molecule has 5 rings (SSSR count). The number of hydrogen-bond donors (Lipinski definition) is 2. The van der Waals surface area contributed by atoms with Gasteiger partial charge in [0.1, 0.15) is 0 Å². The molecule has 3 aliphatic rings. The highest BCUT2D eigenvalue weighted by molar-refractivity contribution is 5.81. The van der Waals surface area contributed by atoms with Crippen LogP contribution in [0.2, 0.25) is 0 Å². The van der Waals surface area contributed by atoms with Crippen molar-refractivity contribution in [3.63, 3.8) is 0 Å². The second-order valence-corrected chi connectivity index (χ2v) is 9.18. The molecule has 0 heterocycles. The molecule has 0 spiro atoms. The molecule has 2 saturated carbocycles. The van der Waals surface area contributed by atoms with Gasteiger partial charge < -0.3 is 11.5 Å². The number of fused-ring (bicyclic) bond motifs is 3. The highest BCUT2D eigenvalue weighted by Crippen LogP contribution is 2.61. The van der Waals surface area contributed by atoms with Crippen molar-refractivity contribution in [3.8, 4) is 11.1 Å². The molecule has 0 unspecified atom stereocenters. The largest absolute Gasteiger partial charge is 0.328 e. The summed E-state index contributed by atoms with van der Waals surface area (Å²) in [6, 6.07) is 19.3. The molecule has 0 bridgehead atoms. The summed E-state index contributed by atoms with van der Waals surface area (Å²) >= 11 is 0. The smallest absolute Gasteiger partial charge is 0.0271 e. The molecule has 0 aromatic heterocycles. The lowest BCUT2D eigenvalue weighted by atomic mass is 9.54. The molecule has 2 fully saturated rings. The van der Waals surface area contributed by atoms with Crippen LogP contribution in [-0.4, -0.2) is 12.1 Å². The zero-order valence-corrected chi connectivity index (χ0v) is 16.2. The summed E-state index contributed by atoms with van der Waals surface area (Å²) in [7, 11) is 0. The first-order valence-electron chi connectivity index (χ1n) is 10.9. The number of rotatable bonds is 2. The van der Waals surface area contributed by atoms with Gasteiger partial charge >= 0.3 is 0 Å². The van der Waals surface area contributed by atoms with E-state index in [1.807, 2.05) is 0 Å². The van der Waals surface area contributed by atoms with Gasteiger partial charge in [-0.3, -0.25) is 0 Å². The summed E-state index contributed by atoms with van der Waals surface area (Å²) in [5, 5.41) is 0. The molecule has 4 N–H and O–H groups in total. The van der Waals surface area contributed by atoms with Crippen LogP contribution in [-0.2, 0) is 5.41 Å². The van der Waals surface area contributed by atoms with Gasteiger partial charge in [-0.2, -0.15) is 0 Å². The highest BCUT2D eigenvalue weighted by atomic mass is 14.7. The van der Waals surface area contributed by atoms with Crippen molar-refractivity contribution in [2.45, 2.75) is 68.9 Å². The van der Waals surface area contributed by atoms with Crippen LogP contribution < -0.4 is 11.5 Å². The van der Waals surface area contributed by atoms with Crippen LogP contribution in [0.3, 0.4) is 0 Å². The Kier molecular flexibility index (Phi) is 4.37. The van der Waals surface area contributed by atoms with Crippen LogP contribution >= 0.6 is 0 Å². The molecule has 2 heteroatoms. The van der Waals surface area contributed by atoms with E-state index >= 15 is 0 Å². The maximum atomic E-state index is 6.31. The zero-order valence-electron chi connectivity index (χ0n) is 16.2. The Labute approximate surface area is 163 Å². The van der Waals surface area contributed by atoms with Gasteiger partial charge in [-0.25, -0.2) is 0 Å². The van der Waals surface area contributed by atoms with Crippen molar-refractivity contribution in [1.82, 2.24) is 0 Å². The molecule has 0 atom stereocenters. The second kappa shape index (κ2) is 6.76. The van der Waals surface area contributed by atoms with Crippen molar-refractivity contribution in [2.75, 3.05) is 0 Å². The number of benzene rings is 2. The van der Waals surface area contributed by atoms with E-state index in [0.717, 1.165) is 0 Å². The van der Waals surface area contributed by atoms with Gasteiger partial charge in [0.05, 0.1) is 0 Å². The second-order valence-electron chi connectivity index (χ2n) is 9.18. The van der Waals surface area contributed by atoms with Crippen LogP contribution in [0, 0.1) is 11.8 Å². The fraction of sp³-hybridized carbons (Fsp3) is 0.520. The SMILES string of the molecule is NC1CCC(C2(C3CCC(N)CC3)c3ccccc3-c3ccccc32)CC1. The summed E-state index contributed by atoms with van der Waals surface area (Å²) in [6.45, 7) is 0. The molecule has 0 amide bonds. The van der Waals surface area contributed by atoms with Crippen molar-refractivity contribution in [3.05, 3.63) is 59.7 Å². The maximum absolute atomic E-state index is 6.31. The van der Waals surface area contributed by atoms with E-state index in [-0.39, 0.29) is 5.41 Å². The third-order valence-electron chi connectivity index (χ3n) is 7.87. The summed E-state index contributed by atoms with van der Waals surface area (Å²) < 4.78 is 0. The van der Waals surface area contributed by atoms with Crippen LogP contribution in [0.5, 0.6) is 0 Å². The summed E-state index contributed by atoms with van der Waals surface area (Å²) in [6.07, 6.45) is 9.70. The predicted octanol–water partition coefficient (Wildman–Crippen LogP) is 4.99. The van der Waals surface area contributed by atoms with Gasteiger partial charge in [0.2, 0.25) is 0 Å². The monoisotopic (exact) mass is 360 g/mol. The Balaban J connectivity index is 1.70. The Morgan fingerprint density at radius 1 is 0.556 bits per heavy atom. The lowest BCUT2D eigenvalue weighted by Crippen LogP contribution is -2.47. The Bertz CT molecular complexity index is 741. The molecular formula is C25H32N2. The number of nitrogens with two attached hydrogens (primary N) is 2. The van der Waals surface area contributed by atoms with Crippen LogP contribution in [0.4, 0.5) is 0 Å². The number of hydrogen-bond acceptors (Lipinski definition) is 2. The lowest BCUT2D eigenvalue weighted by molar-refractivity contribution is 0.127. The highest BCUT2D eigenvalue weighted by Gasteiger charge is 2.53. The summed E-state index contributed by atoms with van der Waals surface area (Å²) in [4.78, 5) is 0. The molecule has 0 aliphatic heterocycles. The average Bonchev–Trinajstić information content (AvgIpc) is 3.01. The molecule has 27 heavy (non-hydrogen) atoms. The molecule has 3 aliphatic carbocycles. The van der Waals surface area contributed by atoms with Crippen LogP contribution in [0.1, 0.15) is 62.5 Å². The minimum absolute atomic E-state index is 0.160. The molecule has 142 valence electrons. The van der Waals surface area contributed by atoms with Crippen LogP contribution in [0.25, 0.3) is 11.1 Å². The normalized spacial score (nSPS) is 31.9. The third kappa shape index (κ3) is 2.61. The van der Waals surface area contributed by atoms with Gasteiger partial charge in [0.25, 0.3) is 0 Å². The molecule has 2 nitrogen and oxygen atoms in total. The van der Waals surface area contributed by atoms with Crippen molar-refractivity contribution < 1.29 is 0 Å². The van der Waals surface area contributed by atoms with Crippen molar-refractivity contribution in [1.29, 1.82) is 0 Å². The van der Waals surface area contributed by atoms with E-state index in [0.29, 0.717) is 23.9 Å². The van der Waals surface area contributed by atoms with E-state index in [1.165, 1.54) is 62.5 Å². The molecule has 2 aromatic rings. The summed E-state index contributed by atoms with van der Waals surface area (Å²) in [5.41, 5.74) is 18.9. The molecule has 0 radical (unpaired) electrons. The van der Waals surface area contributed by atoms with Gasteiger partial charge in [-0.05, 0) is 85.5 Å². The van der Waals surface area contributed by atoms with Gasteiger partial charge in [0, 0.05) is 17.5 Å². The van der Waals surface area contributed by atoms with Crippen LogP contribution in [0.15, 0.2) is 48.5 Å². The third-order valence-corrected chi connectivity index (χ3v) is 7.87. The Morgan fingerprint density at radius 3 is 1.33 bits per heavy atom. The minimum atomic E-state index is 0.160. The standard InChI is InChI=1S/C25H32N2/c26-19-13-9-17(10-14-19)25(18-11-15-20(27)16-12-18)23-7-3-1-5-21(23)22-6-2-4-8-24(22)25/h1-8,17-20H,9-16,26-27H2. The van der Waals surface area contributed by atoms with Gasteiger partial charge in [-0.15, -0.1) is 0 Å². The van der Waals surface area contributed by atoms with Gasteiger partial charge in [-0.1, -0.05) is 48.5 Å². The molecule has 2 aromatic carbocycles. The first-order valence-corrected chi connectivity index (χ1v) is 10.9. The van der Waals surface area contributed by atoms with E-state index in [2.05, 4.69) is 48.5 Å². The van der Waals surface area contributed by atoms with Crippen molar-refractivity contribution >= 4 is 0 Å². The first kappa shape index (κ1) is 17.5. The van der Waals surface area contributed by atoms with Gasteiger partial charge in [0.15, 0.2) is 0 Å². The zero-order chi connectivity index (χ0) is 18.4. The molecular weight excluding hydrogens is 328 g/mol. The molecule has 0 saturated heterocycles. The average molecular weight is 361 g/mol. The van der Waals surface area contributed by atoms with E-state index < -0.39 is 0 Å². The fourth-order valence-electron chi connectivity index (χ4n) is 6.66. The Morgan fingerprint density at radius 2 is 0.926 bits per heavy atom. The van der Waals surface area contributed by atoms with E-state index in [1.54, 1.807) is 11.1 Å².